The van der Waals surface area contributed by atoms with Gasteiger partial charge in [-0.05, 0) is 11.6 Å². The van der Waals surface area contributed by atoms with Crippen molar-refractivity contribution in [1.29, 1.82) is 0 Å². The van der Waals surface area contributed by atoms with Crippen LogP contribution in [-0.2, 0) is 6.54 Å². The molecular weight excluding hydrogens is 289 g/mol. The zero-order valence-electron chi connectivity index (χ0n) is 9.64. The van der Waals surface area contributed by atoms with Crippen LogP contribution in [0.25, 0.3) is 0 Å². The molecule has 2 rings (SSSR count). The summed E-state index contributed by atoms with van der Waals surface area (Å²) in [5, 5.41) is 14.6. The molecule has 2 aromatic rings. The smallest absolute Gasteiger partial charge is 0.312 e. The lowest BCUT2D eigenvalue weighted by Gasteiger charge is -2.07. The molecule has 5 nitrogen and oxygen atoms in total. The van der Waals surface area contributed by atoms with E-state index in [4.69, 9.17) is 23.2 Å². The molecule has 0 atom stereocenters. The van der Waals surface area contributed by atoms with Crippen LogP contribution in [0.5, 0.6) is 0 Å². The maximum Gasteiger partial charge on any atom is 0.312 e. The van der Waals surface area contributed by atoms with Crippen LogP contribution in [0.2, 0.25) is 10.0 Å². The van der Waals surface area contributed by atoms with Gasteiger partial charge in [-0.2, -0.15) is 0 Å². The third-order valence-corrected chi connectivity index (χ3v) is 3.01. The molecule has 1 aromatic carbocycles. The highest BCUT2D eigenvalue weighted by Crippen LogP contribution is 2.26. The maximum atomic E-state index is 10.9. The van der Waals surface area contributed by atoms with E-state index in [0.717, 1.165) is 5.56 Å². The standard InChI is InChI=1S/C12H9Cl2N3O2/c13-9-5-11(17(18)19)12(16-7-9)15-6-8-3-1-2-4-10(8)14/h1-5,7H,6H2,(H,15,16). The summed E-state index contributed by atoms with van der Waals surface area (Å²) >= 11 is 11.7. The lowest BCUT2D eigenvalue weighted by molar-refractivity contribution is -0.384. The molecule has 1 aromatic heterocycles. The third kappa shape index (κ3) is 3.33. The second-order valence-corrected chi connectivity index (χ2v) is 4.57. The van der Waals surface area contributed by atoms with E-state index in [2.05, 4.69) is 10.3 Å². The highest BCUT2D eigenvalue weighted by atomic mass is 35.5. The number of halogens is 2. The van der Waals surface area contributed by atoms with Crippen molar-refractivity contribution in [1.82, 2.24) is 4.98 Å². The van der Waals surface area contributed by atoms with Crippen LogP contribution in [0.1, 0.15) is 5.56 Å². The maximum absolute atomic E-state index is 10.9. The topological polar surface area (TPSA) is 68.1 Å². The van der Waals surface area contributed by atoms with E-state index in [1.807, 2.05) is 18.2 Å². The summed E-state index contributed by atoms with van der Waals surface area (Å²) in [6.45, 7) is 0.342. The van der Waals surface area contributed by atoms with E-state index >= 15 is 0 Å². The minimum Gasteiger partial charge on any atom is -0.360 e. The number of benzene rings is 1. The van der Waals surface area contributed by atoms with Crippen molar-refractivity contribution < 1.29 is 4.92 Å². The van der Waals surface area contributed by atoms with Crippen molar-refractivity contribution in [3.63, 3.8) is 0 Å². The molecule has 0 aliphatic rings. The SMILES string of the molecule is O=[N+]([O-])c1cc(Cl)cnc1NCc1ccccc1Cl. The van der Waals surface area contributed by atoms with E-state index in [1.54, 1.807) is 6.07 Å². The average Bonchev–Trinajstić information content (AvgIpc) is 2.38. The van der Waals surface area contributed by atoms with E-state index in [1.165, 1.54) is 12.3 Å². The fourth-order valence-corrected chi connectivity index (χ4v) is 1.88. The number of nitrogens with one attached hydrogen (secondary N) is 1. The molecule has 0 saturated carbocycles. The van der Waals surface area contributed by atoms with Crippen molar-refractivity contribution in [3.8, 4) is 0 Å². The molecule has 0 aliphatic carbocycles. The highest BCUT2D eigenvalue weighted by molar-refractivity contribution is 6.31. The Morgan fingerprint density at radius 2 is 2.05 bits per heavy atom. The Kier molecular flexibility index (Phi) is 4.19. The summed E-state index contributed by atoms with van der Waals surface area (Å²) in [6, 6.07) is 8.49. The minimum atomic E-state index is -0.534. The van der Waals surface area contributed by atoms with Gasteiger partial charge in [0.05, 0.1) is 9.95 Å². The quantitative estimate of drug-likeness (QED) is 0.686. The summed E-state index contributed by atoms with van der Waals surface area (Å²) in [5.41, 5.74) is 0.662. The molecule has 0 saturated heterocycles. The normalized spacial score (nSPS) is 10.2. The van der Waals surface area contributed by atoms with Gasteiger partial charge in [0.25, 0.3) is 0 Å². The Balaban J connectivity index is 2.20. The number of hydrogen-bond acceptors (Lipinski definition) is 4. The van der Waals surface area contributed by atoms with E-state index in [-0.39, 0.29) is 16.5 Å². The molecule has 0 spiro atoms. The molecule has 1 N–H and O–H groups in total. The van der Waals surface area contributed by atoms with Gasteiger partial charge >= 0.3 is 5.69 Å². The van der Waals surface area contributed by atoms with Crippen molar-refractivity contribution in [3.05, 3.63) is 62.3 Å². The minimum absolute atomic E-state index is 0.161. The molecular formula is C12H9Cl2N3O2. The van der Waals surface area contributed by atoms with Crippen LogP contribution in [0.15, 0.2) is 36.5 Å². The molecule has 7 heteroatoms. The molecule has 1 heterocycles. The first-order valence-electron chi connectivity index (χ1n) is 5.35. The summed E-state index contributed by atoms with van der Waals surface area (Å²) in [5.74, 6) is 0.161. The van der Waals surface area contributed by atoms with Crippen molar-refractivity contribution >= 4 is 34.7 Å². The van der Waals surface area contributed by atoms with Crippen LogP contribution in [0.3, 0.4) is 0 Å². The van der Waals surface area contributed by atoms with Crippen LogP contribution >= 0.6 is 23.2 Å². The molecule has 0 fully saturated rings. The predicted molar refractivity (Wildman–Crippen MR) is 74.7 cm³/mol. The van der Waals surface area contributed by atoms with Gasteiger partial charge in [0, 0.05) is 23.8 Å². The Morgan fingerprint density at radius 3 is 2.74 bits per heavy atom. The molecule has 0 amide bonds. The van der Waals surface area contributed by atoms with Crippen LogP contribution in [0.4, 0.5) is 11.5 Å². The van der Waals surface area contributed by atoms with Crippen LogP contribution in [-0.4, -0.2) is 9.91 Å². The average molecular weight is 298 g/mol. The van der Waals surface area contributed by atoms with E-state index in [0.29, 0.717) is 11.6 Å². The number of nitrogens with zero attached hydrogens (tertiary/aromatic N) is 2. The molecule has 19 heavy (non-hydrogen) atoms. The highest BCUT2D eigenvalue weighted by Gasteiger charge is 2.15. The molecule has 98 valence electrons. The Bertz CT molecular complexity index is 620. The number of hydrogen-bond donors (Lipinski definition) is 1. The Hall–Kier alpha value is -1.85. The number of rotatable bonds is 4. The fraction of sp³-hybridized carbons (Fsp3) is 0.0833. The largest absolute Gasteiger partial charge is 0.360 e. The monoisotopic (exact) mass is 297 g/mol. The second kappa shape index (κ2) is 5.86. The van der Waals surface area contributed by atoms with Gasteiger partial charge in [-0.15, -0.1) is 0 Å². The predicted octanol–water partition coefficient (Wildman–Crippen LogP) is 3.91. The lowest BCUT2D eigenvalue weighted by Crippen LogP contribution is -2.05. The first kappa shape index (κ1) is 13.6. The fourth-order valence-electron chi connectivity index (χ4n) is 1.52. The van der Waals surface area contributed by atoms with Crippen molar-refractivity contribution in [2.45, 2.75) is 6.54 Å². The van der Waals surface area contributed by atoms with Gasteiger partial charge in [0.2, 0.25) is 5.82 Å². The van der Waals surface area contributed by atoms with Gasteiger partial charge in [0.15, 0.2) is 0 Å². The molecule has 0 radical (unpaired) electrons. The molecule has 0 bridgehead atoms. The van der Waals surface area contributed by atoms with Gasteiger partial charge in [-0.3, -0.25) is 10.1 Å². The molecule has 0 unspecified atom stereocenters. The van der Waals surface area contributed by atoms with Gasteiger partial charge in [-0.1, -0.05) is 41.4 Å². The zero-order valence-corrected chi connectivity index (χ0v) is 11.1. The van der Waals surface area contributed by atoms with Gasteiger partial charge in [-0.25, -0.2) is 4.98 Å². The Morgan fingerprint density at radius 1 is 1.32 bits per heavy atom. The van der Waals surface area contributed by atoms with E-state index in [9.17, 15) is 10.1 Å². The van der Waals surface area contributed by atoms with Crippen LogP contribution in [0, 0.1) is 10.1 Å². The molecule has 0 aliphatic heterocycles. The number of aromatic nitrogens is 1. The third-order valence-electron chi connectivity index (χ3n) is 2.44. The van der Waals surface area contributed by atoms with Gasteiger partial charge < -0.3 is 5.32 Å². The Labute approximate surface area is 119 Å². The number of anilines is 1. The van der Waals surface area contributed by atoms with Crippen molar-refractivity contribution in [2.75, 3.05) is 5.32 Å². The summed E-state index contributed by atoms with van der Waals surface area (Å²) in [6.07, 6.45) is 1.35. The van der Waals surface area contributed by atoms with Crippen LogP contribution < -0.4 is 5.32 Å². The lowest BCUT2D eigenvalue weighted by atomic mass is 10.2. The number of pyridine rings is 1. The van der Waals surface area contributed by atoms with Gasteiger partial charge in [0.1, 0.15) is 0 Å². The zero-order chi connectivity index (χ0) is 13.8. The summed E-state index contributed by atoms with van der Waals surface area (Å²) in [4.78, 5) is 14.3. The summed E-state index contributed by atoms with van der Waals surface area (Å²) < 4.78 is 0. The second-order valence-electron chi connectivity index (χ2n) is 3.72. The van der Waals surface area contributed by atoms with E-state index < -0.39 is 4.92 Å². The van der Waals surface area contributed by atoms with Crippen molar-refractivity contribution in [2.24, 2.45) is 0 Å². The number of nitro groups is 1. The summed E-state index contributed by atoms with van der Waals surface area (Å²) in [7, 11) is 0. The first-order valence-corrected chi connectivity index (χ1v) is 6.10. The first-order chi connectivity index (χ1) is 9.08.